The van der Waals surface area contributed by atoms with E-state index in [1.165, 1.54) is 7.11 Å². The lowest BCUT2D eigenvalue weighted by Gasteiger charge is -2.53. The van der Waals surface area contributed by atoms with Gasteiger partial charge in [0.05, 0.1) is 17.7 Å². The predicted molar refractivity (Wildman–Crippen MR) is 97.3 cm³/mol. The highest BCUT2D eigenvalue weighted by molar-refractivity contribution is 5.78. The van der Waals surface area contributed by atoms with Crippen LogP contribution in [0.1, 0.15) is 37.9 Å². The number of rotatable bonds is 7. The molecule has 1 aromatic heterocycles. The van der Waals surface area contributed by atoms with Crippen molar-refractivity contribution in [2.24, 2.45) is 0 Å². The maximum atomic E-state index is 12.0. The van der Waals surface area contributed by atoms with Crippen LogP contribution in [0.5, 0.6) is 0 Å². The van der Waals surface area contributed by atoms with Crippen molar-refractivity contribution in [3.63, 3.8) is 0 Å². The normalized spacial score (nSPS) is 27.8. The molecule has 2 fully saturated rings. The van der Waals surface area contributed by atoms with Gasteiger partial charge in [-0.25, -0.2) is 0 Å². The average Bonchev–Trinajstić information content (AvgIpc) is 3.09. The molecule has 28 heavy (non-hydrogen) atoms. The Morgan fingerprint density at radius 3 is 2.75 bits per heavy atom. The first-order valence-corrected chi connectivity index (χ1v) is 9.55. The standard InChI is InChI=1S/C18H30N4O6/c1-17(20-14(23)12-26-3)6-9-27-18(16(17)24)4-7-22(8-5-18)10-15-19-13(11-25-2)21-28-15/h16,24H,4-12H2,1-3H3,(H,20,23)/t16-,17+/m0/s1. The molecule has 1 aromatic rings. The number of amides is 1. The summed E-state index contributed by atoms with van der Waals surface area (Å²) in [7, 11) is 3.06. The van der Waals surface area contributed by atoms with Crippen molar-refractivity contribution >= 4 is 5.91 Å². The van der Waals surface area contributed by atoms with E-state index in [9.17, 15) is 9.90 Å². The Hall–Kier alpha value is -1.59. The van der Waals surface area contributed by atoms with Gasteiger partial charge in [0.2, 0.25) is 11.8 Å². The third-order valence-corrected chi connectivity index (χ3v) is 5.66. The number of methoxy groups -OCH3 is 2. The molecule has 158 valence electrons. The minimum Gasteiger partial charge on any atom is -0.388 e. The number of piperidine rings is 1. The summed E-state index contributed by atoms with van der Waals surface area (Å²) in [5.74, 6) is 0.839. The second-order valence-corrected chi connectivity index (χ2v) is 7.78. The van der Waals surface area contributed by atoms with Crippen LogP contribution in [0.25, 0.3) is 0 Å². The van der Waals surface area contributed by atoms with Crippen molar-refractivity contribution in [2.75, 3.05) is 40.5 Å². The van der Waals surface area contributed by atoms with Crippen molar-refractivity contribution in [1.29, 1.82) is 0 Å². The molecule has 3 rings (SSSR count). The van der Waals surface area contributed by atoms with Gasteiger partial charge in [-0.05, 0) is 26.2 Å². The third-order valence-electron chi connectivity index (χ3n) is 5.66. The number of carbonyl (C=O) groups is 1. The fourth-order valence-corrected chi connectivity index (χ4v) is 4.12. The second kappa shape index (κ2) is 8.83. The topological polar surface area (TPSA) is 119 Å². The number of aliphatic hydroxyl groups is 1. The van der Waals surface area contributed by atoms with Crippen LogP contribution < -0.4 is 5.32 Å². The Bertz CT molecular complexity index is 660. The molecular formula is C18H30N4O6. The maximum Gasteiger partial charge on any atom is 0.246 e. The fraction of sp³-hybridized carbons (Fsp3) is 0.833. The number of nitrogens with zero attached hydrogens (tertiary/aromatic N) is 3. The van der Waals surface area contributed by atoms with E-state index >= 15 is 0 Å². The van der Waals surface area contributed by atoms with Crippen molar-refractivity contribution in [2.45, 2.75) is 56.6 Å². The Morgan fingerprint density at radius 1 is 1.32 bits per heavy atom. The Balaban J connectivity index is 1.59. The van der Waals surface area contributed by atoms with Crippen molar-refractivity contribution in [1.82, 2.24) is 20.4 Å². The number of aromatic nitrogens is 2. The zero-order valence-electron chi connectivity index (χ0n) is 16.8. The van der Waals surface area contributed by atoms with E-state index < -0.39 is 17.2 Å². The molecule has 3 heterocycles. The van der Waals surface area contributed by atoms with Crippen LogP contribution in [-0.2, 0) is 32.2 Å². The molecular weight excluding hydrogens is 368 g/mol. The quantitative estimate of drug-likeness (QED) is 0.646. The molecule has 0 bridgehead atoms. The number of aliphatic hydroxyl groups excluding tert-OH is 1. The molecule has 2 aliphatic rings. The van der Waals surface area contributed by atoms with Crippen LogP contribution in [-0.4, -0.2) is 83.8 Å². The van der Waals surface area contributed by atoms with Gasteiger partial charge in [-0.15, -0.1) is 0 Å². The molecule has 0 aromatic carbocycles. The SMILES string of the molecule is COCC(=O)N[C@]1(C)CCOC2(CCN(Cc3nc(COC)no3)CC2)[C@H]1O. The van der Waals surface area contributed by atoms with Crippen molar-refractivity contribution < 1.29 is 28.6 Å². The van der Waals surface area contributed by atoms with Crippen LogP contribution in [0.4, 0.5) is 0 Å². The van der Waals surface area contributed by atoms with Gasteiger partial charge in [-0.2, -0.15) is 4.98 Å². The molecule has 0 radical (unpaired) electrons. The van der Waals surface area contributed by atoms with Gasteiger partial charge in [-0.1, -0.05) is 5.16 Å². The minimum atomic E-state index is -0.798. The predicted octanol–water partition coefficient (Wildman–Crippen LogP) is -0.147. The summed E-state index contributed by atoms with van der Waals surface area (Å²) in [4.78, 5) is 18.5. The van der Waals surface area contributed by atoms with Crippen molar-refractivity contribution in [3.05, 3.63) is 11.7 Å². The molecule has 0 aliphatic carbocycles. The summed E-state index contributed by atoms with van der Waals surface area (Å²) in [5, 5.41) is 17.9. The van der Waals surface area contributed by atoms with E-state index in [2.05, 4.69) is 20.4 Å². The zero-order valence-corrected chi connectivity index (χ0v) is 16.8. The molecule has 2 N–H and O–H groups in total. The minimum absolute atomic E-state index is 0.0286. The van der Waals surface area contributed by atoms with Gasteiger partial charge >= 0.3 is 0 Å². The van der Waals surface area contributed by atoms with Crippen LogP contribution in [0.15, 0.2) is 4.52 Å². The maximum absolute atomic E-state index is 12.0. The summed E-state index contributed by atoms with van der Waals surface area (Å²) >= 11 is 0. The highest BCUT2D eigenvalue weighted by atomic mass is 16.5. The molecule has 10 nitrogen and oxygen atoms in total. The number of likely N-dealkylation sites (tertiary alicyclic amines) is 1. The van der Waals surface area contributed by atoms with E-state index in [4.69, 9.17) is 18.7 Å². The number of nitrogens with one attached hydrogen (secondary N) is 1. The van der Waals surface area contributed by atoms with E-state index in [0.29, 0.717) is 50.7 Å². The summed E-state index contributed by atoms with van der Waals surface area (Å²) in [5.41, 5.74) is -1.41. The summed E-state index contributed by atoms with van der Waals surface area (Å²) in [6, 6.07) is 0. The Morgan fingerprint density at radius 2 is 2.07 bits per heavy atom. The number of hydrogen-bond donors (Lipinski definition) is 2. The molecule has 1 spiro atoms. The zero-order chi connectivity index (χ0) is 20.2. The largest absolute Gasteiger partial charge is 0.388 e. The lowest BCUT2D eigenvalue weighted by atomic mass is 9.73. The second-order valence-electron chi connectivity index (χ2n) is 7.78. The number of hydrogen-bond acceptors (Lipinski definition) is 9. The van der Waals surface area contributed by atoms with Gasteiger partial charge in [-0.3, -0.25) is 9.69 Å². The Labute approximate surface area is 164 Å². The van der Waals surface area contributed by atoms with Crippen LogP contribution in [0.3, 0.4) is 0 Å². The fourth-order valence-electron chi connectivity index (χ4n) is 4.12. The molecule has 1 amide bonds. The van der Waals surface area contributed by atoms with E-state index in [-0.39, 0.29) is 12.5 Å². The van der Waals surface area contributed by atoms with Crippen LogP contribution in [0, 0.1) is 0 Å². The first-order valence-electron chi connectivity index (χ1n) is 9.55. The summed E-state index contributed by atoms with van der Waals surface area (Å²) in [6.07, 6.45) is 1.07. The molecule has 2 atom stereocenters. The Kier molecular flexibility index (Phi) is 6.66. The summed E-state index contributed by atoms with van der Waals surface area (Å²) in [6.45, 7) is 4.65. The molecule has 2 aliphatic heterocycles. The lowest BCUT2D eigenvalue weighted by molar-refractivity contribution is -0.208. The van der Waals surface area contributed by atoms with Crippen LogP contribution >= 0.6 is 0 Å². The third kappa shape index (κ3) is 4.52. The highest BCUT2D eigenvalue weighted by Crippen LogP contribution is 2.40. The molecule has 2 saturated heterocycles. The average molecular weight is 398 g/mol. The molecule has 0 unspecified atom stereocenters. The highest BCUT2D eigenvalue weighted by Gasteiger charge is 2.53. The lowest BCUT2D eigenvalue weighted by Crippen LogP contribution is -2.69. The first kappa shape index (κ1) is 21.1. The molecule has 0 saturated carbocycles. The smallest absolute Gasteiger partial charge is 0.246 e. The van der Waals surface area contributed by atoms with E-state index in [0.717, 1.165) is 13.1 Å². The monoisotopic (exact) mass is 398 g/mol. The number of carbonyl (C=O) groups excluding carboxylic acids is 1. The van der Waals surface area contributed by atoms with Crippen molar-refractivity contribution in [3.8, 4) is 0 Å². The van der Waals surface area contributed by atoms with E-state index in [1.807, 2.05) is 6.92 Å². The van der Waals surface area contributed by atoms with Crippen LogP contribution in [0.2, 0.25) is 0 Å². The number of ether oxygens (including phenoxy) is 3. The van der Waals surface area contributed by atoms with Gasteiger partial charge in [0.15, 0.2) is 5.82 Å². The molecule has 10 heteroatoms. The first-order chi connectivity index (χ1) is 13.4. The van der Waals surface area contributed by atoms with Gasteiger partial charge in [0, 0.05) is 33.9 Å². The summed E-state index contributed by atoms with van der Waals surface area (Å²) < 4.78 is 21.2. The van der Waals surface area contributed by atoms with Gasteiger partial charge in [0.1, 0.15) is 19.3 Å². The van der Waals surface area contributed by atoms with E-state index in [1.54, 1.807) is 7.11 Å². The van der Waals surface area contributed by atoms with Gasteiger partial charge < -0.3 is 29.2 Å². The van der Waals surface area contributed by atoms with Gasteiger partial charge in [0.25, 0.3) is 0 Å².